The number of hydrogen-bond donors (Lipinski definition) is 2. The van der Waals surface area contributed by atoms with Gasteiger partial charge in [0.1, 0.15) is 18.2 Å². The van der Waals surface area contributed by atoms with Gasteiger partial charge in [0.25, 0.3) is 5.91 Å². The molecule has 31 heavy (non-hydrogen) atoms. The molecule has 2 aromatic rings. The van der Waals surface area contributed by atoms with E-state index < -0.39 is 24.1 Å². The van der Waals surface area contributed by atoms with Gasteiger partial charge in [-0.05, 0) is 24.3 Å². The Morgan fingerprint density at radius 1 is 1.19 bits per heavy atom. The Balaban J connectivity index is 1.36. The number of benzene rings is 1. The van der Waals surface area contributed by atoms with Crippen molar-refractivity contribution < 1.29 is 33.0 Å². The molecule has 2 N–H and O–H groups in total. The second-order valence-electron chi connectivity index (χ2n) is 7.23. The van der Waals surface area contributed by atoms with Crippen LogP contribution in [0, 0.1) is 5.82 Å². The van der Waals surface area contributed by atoms with Crippen LogP contribution in [0.1, 0.15) is 10.4 Å². The summed E-state index contributed by atoms with van der Waals surface area (Å²) in [6, 6.07) is 5.97. The van der Waals surface area contributed by atoms with Crippen LogP contribution in [0.4, 0.5) is 25.4 Å². The van der Waals surface area contributed by atoms with Gasteiger partial charge in [-0.15, -0.1) is 0 Å². The van der Waals surface area contributed by atoms with E-state index in [9.17, 15) is 18.8 Å². The average molecular weight is 432 g/mol. The Morgan fingerprint density at radius 2 is 1.97 bits per heavy atom. The number of rotatable bonds is 5. The zero-order valence-electron chi connectivity index (χ0n) is 16.5. The smallest absolute Gasteiger partial charge is 0.414 e. The standard InChI is InChI=1S/C20H21FN4O6/c21-16-9-14(1-2-17(16)23-4-6-24(7-5-23)19(27)28)25-11-15(31-20(25)29)10-22-18(26)13-3-8-30-12-13/h1-3,8-9,12,15H,4-7,10-11H2,(H,22,26)(H,27,28)/t15-/m0/s1. The highest BCUT2D eigenvalue weighted by Crippen LogP contribution is 2.28. The monoisotopic (exact) mass is 432 g/mol. The summed E-state index contributed by atoms with van der Waals surface area (Å²) < 4.78 is 24.9. The molecule has 1 aromatic carbocycles. The molecule has 2 saturated heterocycles. The third-order valence-corrected chi connectivity index (χ3v) is 5.28. The predicted molar refractivity (Wildman–Crippen MR) is 107 cm³/mol. The first-order valence-corrected chi connectivity index (χ1v) is 9.73. The number of furan rings is 1. The van der Waals surface area contributed by atoms with E-state index in [2.05, 4.69) is 5.32 Å². The van der Waals surface area contributed by atoms with E-state index in [1.54, 1.807) is 17.0 Å². The van der Waals surface area contributed by atoms with Crippen LogP contribution in [0.25, 0.3) is 0 Å². The fourth-order valence-electron chi connectivity index (χ4n) is 3.60. The highest BCUT2D eigenvalue weighted by molar-refractivity contribution is 5.94. The van der Waals surface area contributed by atoms with Gasteiger partial charge in [-0.2, -0.15) is 0 Å². The number of nitrogens with zero attached hydrogens (tertiary/aromatic N) is 3. The van der Waals surface area contributed by atoms with Gasteiger partial charge in [0.2, 0.25) is 0 Å². The molecule has 1 aromatic heterocycles. The van der Waals surface area contributed by atoms with E-state index in [-0.39, 0.29) is 19.0 Å². The number of amides is 3. The quantitative estimate of drug-likeness (QED) is 0.742. The summed E-state index contributed by atoms with van der Waals surface area (Å²) >= 11 is 0. The number of anilines is 2. The highest BCUT2D eigenvalue weighted by atomic mass is 19.1. The van der Waals surface area contributed by atoms with E-state index in [1.165, 1.54) is 34.5 Å². The molecule has 2 aliphatic rings. The van der Waals surface area contributed by atoms with Gasteiger partial charge in [-0.1, -0.05) is 0 Å². The van der Waals surface area contributed by atoms with Crippen molar-refractivity contribution in [2.24, 2.45) is 0 Å². The number of carboxylic acid groups (broad SMARTS) is 1. The first-order valence-electron chi connectivity index (χ1n) is 9.73. The maximum atomic E-state index is 14.8. The molecule has 0 aliphatic carbocycles. The Morgan fingerprint density at radius 3 is 2.61 bits per heavy atom. The van der Waals surface area contributed by atoms with Crippen LogP contribution in [0.5, 0.6) is 0 Å². The van der Waals surface area contributed by atoms with Crippen LogP contribution in [0.15, 0.2) is 41.2 Å². The van der Waals surface area contributed by atoms with Crippen molar-refractivity contribution in [2.75, 3.05) is 49.1 Å². The molecular formula is C20H21FN4O6. The summed E-state index contributed by atoms with van der Waals surface area (Å²) in [6.07, 6.45) is 0.517. The molecule has 0 bridgehead atoms. The normalized spacial score (nSPS) is 18.8. The first kappa shape index (κ1) is 20.5. The lowest BCUT2D eigenvalue weighted by Gasteiger charge is -2.34. The molecular weight excluding hydrogens is 411 g/mol. The number of carbonyl (C=O) groups excluding carboxylic acids is 2. The predicted octanol–water partition coefficient (Wildman–Crippen LogP) is 1.97. The van der Waals surface area contributed by atoms with Crippen LogP contribution in [-0.2, 0) is 4.74 Å². The molecule has 10 nitrogen and oxygen atoms in total. The van der Waals surface area contributed by atoms with E-state index in [4.69, 9.17) is 14.3 Å². The fraction of sp³-hybridized carbons (Fsp3) is 0.350. The van der Waals surface area contributed by atoms with E-state index in [0.717, 1.165) is 0 Å². The first-order chi connectivity index (χ1) is 14.9. The SMILES string of the molecule is O=C(NC[C@H]1CN(c2ccc(N3CCN(C(=O)O)CC3)c(F)c2)C(=O)O1)c1ccoc1. The molecule has 0 spiro atoms. The Labute approximate surface area is 176 Å². The molecule has 0 saturated carbocycles. The second kappa shape index (κ2) is 8.54. The van der Waals surface area contributed by atoms with Gasteiger partial charge in [0, 0.05) is 26.2 Å². The number of piperazine rings is 1. The topological polar surface area (TPSA) is 116 Å². The van der Waals surface area contributed by atoms with Crippen LogP contribution in [0.2, 0.25) is 0 Å². The Hall–Kier alpha value is -3.76. The van der Waals surface area contributed by atoms with Crippen molar-refractivity contribution in [3.8, 4) is 0 Å². The summed E-state index contributed by atoms with van der Waals surface area (Å²) in [6.45, 7) is 1.63. The number of carbonyl (C=O) groups is 3. The van der Waals surface area contributed by atoms with Crippen molar-refractivity contribution in [3.63, 3.8) is 0 Å². The van der Waals surface area contributed by atoms with Crippen LogP contribution < -0.4 is 15.1 Å². The lowest BCUT2D eigenvalue weighted by Crippen LogP contribution is -2.48. The molecule has 4 rings (SSSR count). The maximum absolute atomic E-state index is 14.8. The molecule has 0 unspecified atom stereocenters. The average Bonchev–Trinajstić information content (AvgIpc) is 3.42. The van der Waals surface area contributed by atoms with Crippen molar-refractivity contribution in [1.82, 2.24) is 10.2 Å². The minimum Gasteiger partial charge on any atom is -0.472 e. The zero-order valence-corrected chi connectivity index (χ0v) is 16.5. The van der Waals surface area contributed by atoms with Crippen LogP contribution in [-0.4, -0.2) is 73.5 Å². The third-order valence-electron chi connectivity index (χ3n) is 5.28. The summed E-state index contributed by atoms with van der Waals surface area (Å²) in [5.41, 5.74) is 1.06. The number of ether oxygens (including phenoxy) is 1. The van der Waals surface area contributed by atoms with Gasteiger partial charge in [-0.25, -0.2) is 14.0 Å². The van der Waals surface area contributed by atoms with Gasteiger partial charge in [-0.3, -0.25) is 9.69 Å². The molecule has 3 heterocycles. The summed E-state index contributed by atoms with van der Waals surface area (Å²) in [5.74, 6) is -0.854. The molecule has 3 amide bonds. The van der Waals surface area contributed by atoms with E-state index >= 15 is 0 Å². The van der Waals surface area contributed by atoms with Gasteiger partial charge in [0.05, 0.1) is 36.3 Å². The second-order valence-corrected chi connectivity index (χ2v) is 7.23. The van der Waals surface area contributed by atoms with Gasteiger partial charge in [0.15, 0.2) is 0 Å². The maximum Gasteiger partial charge on any atom is 0.414 e. The molecule has 1 atom stereocenters. The Kier molecular flexibility index (Phi) is 5.65. The third kappa shape index (κ3) is 4.39. The lowest BCUT2D eigenvalue weighted by atomic mass is 10.2. The van der Waals surface area contributed by atoms with Crippen molar-refractivity contribution in [3.05, 3.63) is 48.2 Å². The van der Waals surface area contributed by atoms with Crippen molar-refractivity contribution >= 4 is 29.5 Å². The van der Waals surface area contributed by atoms with Crippen LogP contribution in [0.3, 0.4) is 0 Å². The van der Waals surface area contributed by atoms with Gasteiger partial charge < -0.3 is 29.4 Å². The minimum atomic E-state index is -0.987. The van der Waals surface area contributed by atoms with Crippen molar-refractivity contribution in [1.29, 1.82) is 0 Å². The molecule has 164 valence electrons. The summed E-state index contributed by atoms with van der Waals surface area (Å²) in [5, 5.41) is 11.7. The molecule has 2 aliphatic heterocycles. The zero-order chi connectivity index (χ0) is 22.0. The number of nitrogens with one attached hydrogen (secondary N) is 1. The van der Waals surface area contributed by atoms with Crippen LogP contribution >= 0.6 is 0 Å². The lowest BCUT2D eigenvalue weighted by molar-refractivity contribution is 0.0915. The number of hydrogen-bond acceptors (Lipinski definition) is 6. The van der Waals surface area contributed by atoms with Gasteiger partial charge >= 0.3 is 12.2 Å². The fourth-order valence-corrected chi connectivity index (χ4v) is 3.60. The summed E-state index contributed by atoms with van der Waals surface area (Å²) in [4.78, 5) is 39.6. The van der Waals surface area contributed by atoms with Crippen molar-refractivity contribution in [2.45, 2.75) is 6.10 Å². The molecule has 11 heteroatoms. The minimum absolute atomic E-state index is 0.112. The van der Waals surface area contributed by atoms with E-state index in [1.807, 2.05) is 0 Å². The Bertz CT molecular complexity index is 974. The largest absolute Gasteiger partial charge is 0.472 e. The van der Waals surface area contributed by atoms with E-state index in [0.29, 0.717) is 43.1 Å². The molecule has 2 fully saturated rings. The summed E-state index contributed by atoms with van der Waals surface area (Å²) in [7, 11) is 0. The molecule has 0 radical (unpaired) electrons. The highest BCUT2D eigenvalue weighted by Gasteiger charge is 2.33. The number of halogens is 1. The number of cyclic esters (lactones) is 1.